The summed E-state index contributed by atoms with van der Waals surface area (Å²) in [5.41, 5.74) is -0.661. The summed E-state index contributed by atoms with van der Waals surface area (Å²) in [5, 5.41) is 6.54. The minimum Gasteiger partial charge on any atom is -0.490 e. The summed E-state index contributed by atoms with van der Waals surface area (Å²) in [6, 6.07) is 15.8. The van der Waals surface area contributed by atoms with Crippen LogP contribution < -0.4 is 20.5 Å². The summed E-state index contributed by atoms with van der Waals surface area (Å²) in [7, 11) is 2.17. The van der Waals surface area contributed by atoms with E-state index in [-0.39, 0.29) is 48.6 Å². The van der Waals surface area contributed by atoms with Gasteiger partial charge in [-0.15, -0.1) is 5.12 Å². The van der Waals surface area contributed by atoms with Crippen molar-refractivity contribution in [3.8, 4) is 5.75 Å². The molecule has 3 saturated heterocycles. The highest BCUT2D eigenvalue weighted by atomic mass is 19.2. The van der Waals surface area contributed by atoms with E-state index in [1.807, 2.05) is 35.2 Å². The number of piperidine rings is 2. The molecule has 1 saturated carbocycles. The first-order valence-electron chi connectivity index (χ1n) is 16.5. The molecule has 11 nitrogen and oxygen atoms in total. The predicted octanol–water partition coefficient (Wildman–Crippen LogP) is 3.31. The molecule has 2 aromatic carbocycles. The maximum atomic E-state index is 15.2. The molecule has 4 aliphatic rings. The summed E-state index contributed by atoms with van der Waals surface area (Å²) in [6.07, 6.45) is 3.50. The first kappa shape index (κ1) is 32.2. The number of likely N-dealkylation sites (tertiary alicyclic amines) is 1. The average molecular weight is 637 g/mol. The van der Waals surface area contributed by atoms with Gasteiger partial charge in [0.05, 0.1) is 11.9 Å². The number of anilines is 1. The molecule has 3 aliphatic heterocycles. The number of halogens is 1. The normalized spacial score (nSPS) is 23.7. The van der Waals surface area contributed by atoms with Gasteiger partial charge < -0.3 is 24.6 Å². The van der Waals surface area contributed by atoms with Crippen molar-refractivity contribution < 1.29 is 28.3 Å². The lowest BCUT2D eigenvalue weighted by Gasteiger charge is -2.42. The Morgan fingerprint density at radius 2 is 1.65 bits per heavy atom. The van der Waals surface area contributed by atoms with Gasteiger partial charge in [-0.1, -0.05) is 34.8 Å². The van der Waals surface area contributed by atoms with Gasteiger partial charge in [0.15, 0.2) is 0 Å². The van der Waals surface area contributed by atoms with Crippen LogP contribution in [0.5, 0.6) is 5.75 Å². The van der Waals surface area contributed by atoms with Crippen molar-refractivity contribution in [3.63, 3.8) is 0 Å². The van der Waals surface area contributed by atoms with Crippen molar-refractivity contribution in [3.05, 3.63) is 60.2 Å². The summed E-state index contributed by atoms with van der Waals surface area (Å²) in [5.74, 6) is -1.08. The molecular formula is C34H45FN6O5. The van der Waals surface area contributed by atoms with Gasteiger partial charge in [-0.25, -0.2) is 4.79 Å². The highest BCUT2D eigenvalue weighted by molar-refractivity contribution is 6.11. The molecule has 12 heteroatoms. The Bertz CT molecular complexity index is 1340. The summed E-state index contributed by atoms with van der Waals surface area (Å²) < 4.78 is 26.7. The van der Waals surface area contributed by atoms with Gasteiger partial charge in [-0.3, -0.25) is 19.8 Å². The van der Waals surface area contributed by atoms with Crippen LogP contribution in [-0.4, -0.2) is 104 Å². The maximum Gasteiger partial charge on any atom is 0.322 e. The van der Waals surface area contributed by atoms with E-state index in [0.29, 0.717) is 24.8 Å². The number of carbonyl (C=O) groups excluding carboxylic acids is 3. The highest BCUT2D eigenvalue weighted by Gasteiger charge is 2.60. The first-order valence-corrected chi connectivity index (χ1v) is 16.5. The number of benzene rings is 2. The standard InChI is InChI=1S/C34H45FN6O5/c1-38-19-21-39(22-20-38)26-12-17-40(18-13-26)33(44)37-30-23-29(11-16-36-30)46-28-9-7-27(8-10-28)41(35)31(42)34(14-15-34)32(43)45-24-25-5-3-2-4-6-25/h2-10,26,29-30,36H,11-24H2,1H3,(H,37,44). The van der Waals surface area contributed by atoms with Crippen molar-refractivity contribution in [1.29, 1.82) is 0 Å². The monoisotopic (exact) mass is 636 g/mol. The van der Waals surface area contributed by atoms with Gasteiger partial charge in [0.2, 0.25) is 0 Å². The molecule has 248 valence electrons. The van der Waals surface area contributed by atoms with E-state index in [9.17, 15) is 14.4 Å². The Kier molecular flexibility index (Phi) is 10.1. The van der Waals surface area contributed by atoms with E-state index in [1.165, 1.54) is 12.1 Å². The number of likely N-dealkylation sites (N-methyl/N-ethyl adjacent to an activating group) is 1. The van der Waals surface area contributed by atoms with Crippen molar-refractivity contribution in [2.24, 2.45) is 5.41 Å². The molecule has 0 aromatic heterocycles. The number of urea groups is 1. The van der Waals surface area contributed by atoms with Crippen LogP contribution in [0.25, 0.3) is 0 Å². The Morgan fingerprint density at radius 3 is 2.33 bits per heavy atom. The number of amides is 3. The number of hydrogen-bond donors (Lipinski definition) is 2. The molecular weight excluding hydrogens is 591 g/mol. The fraction of sp³-hybridized carbons (Fsp3) is 0.559. The van der Waals surface area contributed by atoms with Crippen LogP contribution in [0.4, 0.5) is 15.0 Å². The molecule has 6 rings (SSSR count). The molecule has 0 spiro atoms. The van der Waals surface area contributed by atoms with Crippen molar-refractivity contribution >= 4 is 23.6 Å². The molecule has 0 radical (unpaired) electrons. The van der Waals surface area contributed by atoms with Crippen LogP contribution in [0.1, 0.15) is 44.1 Å². The Balaban J connectivity index is 0.946. The summed E-state index contributed by atoms with van der Waals surface area (Å²) in [6.45, 7) is 6.63. The van der Waals surface area contributed by atoms with Crippen LogP contribution in [-0.2, 0) is 20.9 Å². The lowest BCUT2D eigenvalue weighted by atomic mass is 10.0. The molecule has 2 N–H and O–H groups in total. The van der Waals surface area contributed by atoms with Crippen molar-refractivity contribution in [1.82, 2.24) is 25.3 Å². The number of ether oxygens (including phenoxy) is 2. The minimum atomic E-state index is -1.48. The molecule has 3 amide bonds. The number of hydrogen-bond acceptors (Lipinski definition) is 8. The average Bonchev–Trinajstić information content (AvgIpc) is 3.90. The Hall–Kier alpha value is -3.74. The van der Waals surface area contributed by atoms with Gasteiger partial charge in [0.1, 0.15) is 23.9 Å². The third kappa shape index (κ3) is 7.62. The van der Waals surface area contributed by atoms with Crippen LogP contribution in [0.2, 0.25) is 0 Å². The van der Waals surface area contributed by atoms with E-state index < -0.39 is 17.3 Å². The third-order valence-electron chi connectivity index (χ3n) is 9.77. The van der Waals surface area contributed by atoms with Gasteiger partial charge >= 0.3 is 12.0 Å². The minimum absolute atomic E-state index is 0.0197. The van der Waals surface area contributed by atoms with E-state index >= 15 is 4.48 Å². The number of carbonyl (C=O) groups is 3. The van der Waals surface area contributed by atoms with Crippen LogP contribution in [0, 0.1) is 5.41 Å². The maximum absolute atomic E-state index is 15.2. The fourth-order valence-electron chi connectivity index (χ4n) is 6.61. The number of nitrogens with one attached hydrogen (secondary N) is 2. The molecule has 3 heterocycles. The lowest BCUT2D eigenvalue weighted by molar-refractivity contribution is -0.155. The van der Waals surface area contributed by atoms with Crippen molar-refractivity contribution in [2.75, 3.05) is 58.0 Å². The predicted molar refractivity (Wildman–Crippen MR) is 171 cm³/mol. The van der Waals surface area contributed by atoms with E-state index in [2.05, 4.69) is 27.5 Å². The zero-order valence-electron chi connectivity index (χ0n) is 26.5. The molecule has 1 aliphatic carbocycles. The van der Waals surface area contributed by atoms with E-state index in [4.69, 9.17) is 9.47 Å². The summed E-state index contributed by atoms with van der Waals surface area (Å²) in [4.78, 5) is 45.6. The van der Waals surface area contributed by atoms with Crippen LogP contribution in [0.15, 0.2) is 54.6 Å². The van der Waals surface area contributed by atoms with Gasteiger partial charge in [0.25, 0.3) is 5.91 Å². The Labute approximate surface area is 269 Å². The molecule has 46 heavy (non-hydrogen) atoms. The molecule has 2 atom stereocenters. The largest absolute Gasteiger partial charge is 0.490 e. The number of rotatable bonds is 9. The van der Waals surface area contributed by atoms with E-state index in [1.54, 1.807) is 12.1 Å². The second-order valence-corrected chi connectivity index (χ2v) is 13.0. The topological polar surface area (TPSA) is 107 Å². The first-order chi connectivity index (χ1) is 22.3. The SMILES string of the molecule is CN1CCN(C2CCN(C(=O)NC3CC(Oc4ccc(N(F)C(=O)C5(C(=O)OCc6ccccc6)CC5)cc4)CCN3)CC2)CC1. The zero-order valence-corrected chi connectivity index (χ0v) is 26.5. The van der Waals surface area contributed by atoms with Gasteiger partial charge in [-0.2, -0.15) is 0 Å². The number of piperazine rings is 1. The van der Waals surface area contributed by atoms with Crippen LogP contribution >= 0.6 is 0 Å². The number of esters is 1. The van der Waals surface area contributed by atoms with Gasteiger partial charge in [-0.05, 0) is 69.0 Å². The molecule has 4 fully saturated rings. The Morgan fingerprint density at radius 1 is 0.957 bits per heavy atom. The molecule has 2 aromatic rings. The van der Waals surface area contributed by atoms with Gasteiger partial charge in [0, 0.05) is 58.3 Å². The molecule has 2 unspecified atom stereocenters. The zero-order chi connectivity index (χ0) is 32.1. The fourth-order valence-corrected chi connectivity index (χ4v) is 6.61. The van der Waals surface area contributed by atoms with E-state index in [0.717, 1.165) is 64.1 Å². The highest BCUT2D eigenvalue weighted by Crippen LogP contribution is 2.49. The number of nitrogens with zero attached hydrogens (tertiary/aromatic N) is 4. The van der Waals surface area contributed by atoms with Crippen LogP contribution in [0.3, 0.4) is 0 Å². The molecule has 0 bridgehead atoms. The van der Waals surface area contributed by atoms with Crippen molar-refractivity contribution in [2.45, 2.75) is 63.4 Å². The lowest BCUT2D eigenvalue weighted by Crippen LogP contribution is -2.58. The second kappa shape index (κ2) is 14.4. The summed E-state index contributed by atoms with van der Waals surface area (Å²) >= 11 is 0. The second-order valence-electron chi connectivity index (χ2n) is 13.0. The quantitative estimate of drug-likeness (QED) is 0.246. The smallest absolute Gasteiger partial charge is 0.322 e. The third-order valence-corrected chi connectivity index (χ3v) is 9.77.